The fourth-order valence-electron chi connectivity index (χ4n) is 4.07. The molecule has 5 nitrogen and oxygen atoms in total. The summed E-state index contributed by atoms with van der Waals surface area (Å²) in [7, 11) is 0. The maximum atomic E-state index is 13.1. The van der Waals surface area contributed by atoms with Crippen molar-refractivity contribution in [1.29, 1.82) is 5.26 Å². The molecule has 3 unspecified atom stereocenters. The molecule has 0 N–H and O–H groups in total. The molecule has 0 aromatic heterocycles. The molecule has 0 aliphatic carbocycles. The number of rotatable bonds is 3. The monoisotopic (exact) mass is 361 g/mol. The molecule has 27 heavy (non-hydrogen) atoms. The summed E-state index contributed by atoms with van der Waals surface area (Å²) in [5, 5.41) is 8.95. The van der Waals surface area contributed by atoms with Gasteiger partial charge in [-0.05, 0) is 43.2 Å². The van der Waals surface area contributed by atoms with E-state index >= 15 is 0 Å². The van der Waals surface area contributed by atoms with Gasteiger partial charge >= 0.3 is 0 Å². The largest absolute Gasteiger partial charge is 0.368 e. The topological polar surface area (TPSA) is 56.6 Å². The van der Waals surface area contributed by atoms with Gasteiger partial charge in [-0.15, -0.1) is 0 Å². The number of carbonyl (C=O) groups excluding carboxylic acids is 1. The number of amides is 1. The van der Waals surface area contributed by atoms with E-state index in [-0.39, 0.29) is 24.2 Å². The standard InChI is InChI=1S/C22H23N3O2/c1-16-14-24(15-21(27-16)18-5-3-2-4-6-18)20-11-12-25(22(20)26)19-9-7-17(13-23)8-10-19/h2-10,16,20-21H,11-12,14-15H2,1H3. The zero-order valence-electron chi connectivity index (χ0n) is 15.4. The first-order chi connectivity index (χ1) is 13.2. The van der Waals surface area contributed by atoms with Crippen molar-refractivity contribution in [3.63, 3.8) is 0 Å². The number of carbonyl (C=O) groups is 1. The van der Waals surface area contributed by atoms with Gasteiger partial charge in [-0.3, -0.25) is 9.69 Å². The predicted molar refractivity (Wildman–Crippen MR) is 103 cm³/mol. The molecular weight excluding hydrogens is 338 g/mol. The van der Waals surface area contributed by atoms with E-state index in [4.69, 9.17) is 10.00 Å². The van der Waals surface area contributed by atoms with E-state index in [1.165, 1.54) is 0 Å². The van der Waals surface area contributed by atoms with Gasteiger partial charge in [0.1, 0.15) is 0 Å². The highest BCUT2D eigenvalue weighted by molar-refractivity contribution is 5.99. The summed E-state index contributed by atoms with van der Waals surface area (Å²) in [6.07, 6.45) is 0.889. The Morgan fingerprint density at radius 2 is 1.81 bits per heavy atom. The second-order valence-electron chi connectivity index (χ2n) is 7.25. The van der Waals surface area contributed by atoms with E-state index in [1.807, 2.05) is 35.2 Å². The third-order valence-corrected chi connectivity index (χ3v) is 5.39. The van der Waals surface area contributed by atoms with Crippen molar-refractivity contribution < 1.29 is 9.53 Å². The average Bonchev–Trinajstić information content (AvgIpc) is 3.09. The molecule has 4 rings (SSSR count). The van der Waals surface area contributed by atoms with Gasteiger partial charge in [-0.2, -0.15) is 5.26 Å². The van der Waals surface area contributed by atoms with Gasteiger partial charge < -0.3 is 9.64 Å². The van der Waals surface area contributed by atoms with Crippen LogP contribution in [-0.4, -0.2) is 42.6 Å². The Morgan fingerprint density at radius 3 is 2.52 bits per heavy atom. The lowest BCUT2D eigenvalue weighted by molar-refractivity contribution is -0.129. The summed E-state index contributed by atoms with van der Waals surface area (Å²) < 4.78 is 6.14. The van der Waals surface area contributed by atoms with Crippen molar-refractivity contribution in [3.8, 4) is 6.07 Å². The van der Waals surface area contributed by atoms with Gasteiger partial charge in [-0.1, -0.05) is 30.3 Å². The number of nitrogens with zero attached hydrogens (tertiary/aromatic N) is 3. The molecule has 1 amide bonds. The molecule has 2 saturated heterocycles. The maximum Gasteiger partial charge on any atom is 0.244 e. The number of anilines is 1. The molecule has 2 fully saturated rings. The zero-order valence-corrected chi connectivity index (χ0v) is 15.4. The summed E-state index contributed by atoms with van der Waals surface area (Å²) in [5.41, 5.74) is 2.63. The van der Waals surface area contributed by atoms with E-state index < -0.39 is 0 Å². The molecule has 5 heteroatoms. The van der Waals surface area contributed by atoms with Crippen molar-refractivity contribution in [2.24, 2.45) is 0 Å². The highest BCUT2D eigenvalue weighted by atomic mass is 16.5. The molecule has 0 saturated carbocycles. The van der Waals surface area contributed by atoms with Gasteiger partial charge in [0, 0.05) is 25.3 Å². The molecule has 2 aromatic carbocycles. The SMILES string of the molecule is CC1CN(C2CCN(c3ccc(C#N)cc3)C2=O)CC(c2ccccc2)O1. The van der Waals surface area contributed by atoms with Crippen LogP contribution >= 0.6 is 0 Å². The molecule has 2 aromatic rings. The molecule has 2 aliphatic heterocycles. The molecule has 0 bridgehead atoms. The van der Waals surface area contributed by atoms with Crippen molar-refractivity contribution in [2.75, 3.05) is 24.5 Å². The summed E-state index contributed by atoms with van der Waals surface area (Å²) >= 11 is 0. The zero-order chi connectivity index (χ0) is 18.8. The van der Waals surface area contributed by atoms with Crippen molar-refractivity contribution in [1.82, 2.24) is 4.90 Å². The summed E-state index contributed by atoms with van der Waals surface area (Å²) in [5.74, 6) is 0.139. The van der Waals surface area contributed by atoms with Crippen LogP contribution < -0.4 is 4.90 Å². The minimum atomic E-state index is -0.113. The lowest BCUT2D eigenvalue weighted by atomic mass is 10.0. The molecule has 2 aliphatic rings. The first-order valence-electron chi connectivity index (χ1n) is 9.41. The Labute approximate surface area is 159 Å². The third kappa shape index (κ3) is 3.59. The Kier molecular flexibility index (Phi) is 4.93. The first-order valence-corrected chi connectivity index (χ1v) is 9.41. The van der Waals surface area contributed by atoms with E-state index in [9.17, 15) is 4.79 Å². The Morgan fingerprint density at radius 1 is 1.07 bits per heavy atom. The second-order valence-corrected chi connectivity index (χ2v) is 7.25. The average molecular weight is 361 g/mol. The van der Waals surface area contributed by atoms with Crippen LogP contribution in [0.5, 0.6) is 0 Å². The molecule has 0 spiro atoms. The number of ether oxygens (including phenoxy) is 1. The highest BCUT2D eigenvalue weighted by Crippen LogP contribution is 2.30. The van der Waals surface area contributed by atoms with E-state index in [0.29, 0.717) is 12.1 Å². The minimum absolute atomic E-state index is 0.00767. The summed E-state index contributed by atoms with van der Waals surface area (Å²) in [6.45, 7) is 4.27. The van der Waals surface area contributed by atoms with E-state index in [1.54, 1.807) is 12.1 Å². The lowest BCUT2D eigenvalue weighted by Gasteiger charge is -2.39. The second kappa shape index (κ2) is 7.51. The first kappa shape index (κ1) is 17.7. The van der Waals surface area contributed by atoms with Crippen molar-refractivity contribution in [2.45, 2.75) is 31.6 Å². The minimum Gasteiger partial charge on any atom is -0.368 e. The quantitative estimate of drug-likeness (QED) is 0.843. The van der Waals surface area contributed by atoms with Crippen LogP contribution in [0.3, 0.4) is 0 Å². The smallest absolute Gasteiger partial charge is 0.244 e. The Hall–Kier alpha value is -2.68. The van der Waals surface area contributed by atoms with Gasteiger partial charge in [0.25, 0.3) is 0 Å². The maximum absolute atomic E-state index is 13.1. The molecule has 2 heterocycles. The van der Waals surface area contributed by atoms with Gasteiger partial charge in [0.2, 0.25) is 5.91 Å². The van der Waals surface area contributed by atoms with Gasteiger partial charge in [0.05, 0.1) is 29.9 Å². The van der Waals surface area contributed by atoms with Gasteiger partial charge in [0.15, 0.2) is 0 Å². The third-order valence-electron chi connectivity index (χ3n) is 5.39. The van der Waals surface area contributed by atoms with Crippen LogP contribution in [0.15, 0.2) is 54.6 Å². The number of hydrogen-bond donors (Lipinski definition) is 0. The fourth-order valence-corrected chi connectivity index (χ4v) is 4.07. The summed E-state index contributed by atoms with van der Waals surface area (Å²) in [6, 6.07) is 19.5. The Balaban J connectivity index is 1.49. The van der Waals surface area contributed by atoms with Crippen molar-refractivity contribution >= 4 is 11.6 Å². The van der Waals surface area contributed by atoms with E-state index in [2.05, 4.69) is 30.0 Å². The number of nitriles is 1. The number of morpholine rings is 1. The number of benzene rings is 2. The van der Waals surface area contributed by atoms with E-state index in [0.717, 1.165) is 30.8 Å². The van der Waals surface area contributed by atoms with Crippen LogP contribution in [-0.2, 0) is 9.53 Å². The predicted octanol–water partition coefficient (Wildman–Crippen LogP) is 3.13. The van der Waals surface area contributed by atoms with Crippen LogP contribution in [0.4, 0.5) is 5.69 Å². The molecular formula is C22H23N3O2. The fraction of sp³-hybridized carbons (Fsp3) is 0.364. The summed E-state index contributed by atoms with van der Waals surface area (Å²) in [4.78, 5) is 17.2. The lowest BCUT2D eigenvalue weighted by Crippen LogP contribution is -2.50. The van der Waals surface area contributed by atoms with Gasteiger partial charge in [-0.25, -0.2) is 0 Å². The Bertz CT molecular complexity index is 844. The molecule has 0 radical (unpaired) electrons. The van der Waals surface area contributed by atoms with Crippen molar-refractivity contribution in [3.05, 3.63) is 65.7 Å². The normalized spacial score (nSPS) is 26.1. The van der Waals surface area contributed by atoms with Crippen LogP contribution in [0.1, 0.15) is 30.6 Å². The van der Waals surface area contributed by atoms with Crippen LogP contribution in [0, 0.1) is 11.3 Å². The van der Waals surface area contributed by atoms with Crippen LogP contribution in [0.25, 0.3) is 0 Å². The highest BCUT2D eigenvalue weighted by Gasteiger charge is 2.40. The molecule has 3 atom stereocenters. The number of hydrogen-bond acceptors (Lipinski definition) is 4. The molecule has 138 valence electrons. The van der Waals surface area contributed by atoms with Crippen LogP contribution in [0.2, 0.25) is 0 Å².